The van der Waals surface area contributed by atoms with Gasteiger partial charge in [-0.15, -0.1) is 0 Å². The minimum atomic E-state index is -1.51. The van der Waals surface area contributed by atoms with Gasteiger partial charge in [0.15, 0.2) is 5.92 Å². The maximum atomic E-state index is 12.2. The van der Waals surface area contributed by atoms with Gasteiger partial charge in [0.25, 0.3) is 0 Å². The number of alkyl carbamates (subject to hydrolysis) is 1. The molecule has 8 nitrogen and oxygen atoms in total. The van der Waals surface area contributed by atoms with E-state index in [1.807, 2.05) is 6.07 Å². The first-order valence-corrected chi connectivity index (χ1v) is 7.67. The SMILES string of the molecule is COC(=O)[C@@H](C(=O)OCc1ccccc1)C(N)NC(=O)OC(C)(C)C. The maximum Gasteiger partial charge on any atom is 0.408 e. The first kappa shape index (κ1) is 20.4. The molecule has 0 bridgehead atoms. The molecule has 1 rings (SSSR count). The molecule has 0 spiro atoms. The third-order valence-electron chi connectivity index (χ3n) is 2.98. The number of hydrogen-bond acceptors (Lipinski definition) is 7. The van der Waals surface area contributed by atoms with E-state index in [0.717, 1.165) is 12.7 Å². The minimum absolute atomic E-state index is 0.0354. The number of rotatable bonds is 6. The molecule has 3 N–H and O–H groups in total. The van der Waals surface area contributed by atoms with Gasteiger partial charge in [-0.05, 0) is 26.3 Å². The molecule has 138 valence electrons. The molecular weight excluding hydrogens is 328 g/mol. The van der Waals surface area contributed by atoms with Crippen molar-refractivity contribution in [1.82, 2.24) is 5.32 Å². The lowest BCUT2D eigenvalue weighted by Crippen LogP contribution is -2.53. The Hall–Kier alpha value is -2.61. The van der Waals surface area contributed by atoms with Crippen LogP contribution in [0, 0.1) is 5.92 Å². The third kappa shape index (κ3) is 7.21. The van der Waals surface area contributed by atoms with Gasteiger partial charge in [0, 0.05) is 0 Å². The predicted molar refractivity (Wildman–Crippen MR) is 89.1 cm³/mol. The zero-order valence-corrected chi connectivity index (χ0v) is 14.8. The quantitative estimate of drug-likeness (QED) is 0.343. The number of nitrogens with one attached hydrogen (secondary N) is 1. The highest BCUT2D eigenvalue weighted by Gasteiger charge is 2.37. The van der Waals surface area contributed by atoms with Crippen LogP contribution in [0.1, 0.15) is 26.3 Å². The first-order chi connectivity index (χ1) is 11.6. The Bertz CT molecular complexity index is 597. The van der Waals surface area contributed by atoms with Crippen LogP contribution in [0.5, 0.6) is 0 Å². The van der Waals surface area contributed by atoms with Crippen molar-refractivity contribution in [2.24, 2.45) is 11.7 Å². The van der Waals surface area contributed by atoms with E-state index in [-0.39, 0.29) is 6.61 Å². The summed E-state index contributed by atoms with van der Waals surface area (Å²) in [5, 5.41) is 2.25. The lowest BCUT2D eigenvalue weighted by atomic mass is 10.1. The Morgan fingerprint density at radius 2 is 1.72 bits per heavy atom. The van der Waals surface area contributed by atoms with E-state index in [0.29, 0.717) is 0 Å². The summed E-state index contributed by atoms with van der Waals surface area (Å²) in [7, 11) is 1.11. The van der Waals surface area contributed by atoms with Gasteiger partial charge in [-0.2, -0.15) is 0 Å². The van der Waals surface area contributed by atoms with Crippen LogP contribution in [-0.4, -0.2) is 36.9 Å². The van der Waals surface area contributed by atoms with Gasteiger partial charge in [-0.25, -0.2) is 4.79 Å². The Labute approximate surface area is 146 Å². The van der Waals surface area contributed by atoms with Crippen molar-refractivity contribution in [3.8, 4) is 0 Å². The molecule has 0 aliphatic rings. The van der Waals surface area contributed by atoms with Crippen molar-refractivity contribution in [2.75, 3.05) is 7.11 Å². The van der Waals surface area contributed by atoms with Crippen LogP contribution in [0.3, 0.4) is 0 Å². The van der Waals surface area contributed by atoms with Gasteiger partial charge in [-0.1, -0.05) is 30.3 Å². The van der Waals surface area contributed by atoms with Crippen molar-refractivity contribution in [3.63, 3.8) is 0 Å². The molecule has 0 radical (unpaired) electrons. The summed E-state index contributed by atoms with van der Waals surface area (Å²) in [6, 6.07) is 8.93. The molecular formula is C17H24N2O6. The van der Waals surface area contributed by atoms with Crippen LogP contribution >= 0.6 is 0 Å². The predicted octanol–water partition coefficient (Wildman–Crippen LogP) is 1.33. The molecule has 1 aromatic rings. The van der Waals surface area contributed by atoms with Crippen molar-refractivity contribution in [3.05, 3.63) is 35.9 Å². The van der Waals surface area contributed by atoms with Crippen LogP contribution in [0.4, 0.5) is 4.79 Å². The highest BCUT2D eigenvalue weighted by molar-refractivity contribution is 5.96. The molecule has 0 saturated carbocycles. The number of carbonyl (C=O) groups is 3. The molecule has 0 fully saturated rings. The fraction of sp³-hybridized carbons (Fsp3) is 0.471. The summed E-state index contributed by atoms with van der Waals surface area (Å²) in [6.45, 7) is 4.98. The van der Waals surface area contributed by atoms with Crippen molar-refractivity contribution >= 4 is 18.0 Å². The van der Waals surface area contributed by atoms with E-state index in [9.17, 15) is 14.4 Å². The minimum Gasteiger partial charge on any atom is -0.468 e. The number of amides is 1. The Kier molecular flexibility index (Phi) is 7.38. The number of hydrogen-bond donors (Lipinski definition) is 2. The van der Waals surface area contributed by atoms with E-state index >= 15 is 0 Å². The second-order valence-electron chi connectivity index (χ2n) is 6.27. The fourth-order valence-electron chi connectivity index (χ4n) is 1.86. The second-order valence-corrected chi connectivity index (χ2v) is 6.27. The summed E-state index contributed by atoms with van der Waals surface area (Å²) >= 11 is 0. The summed E-state index contributed by atoms with van der Waals surface area (Å²) in [6.07, 6.45) is -2.21. The summed E-state index contributed by atoms with van der Waals surface area (Å²) in [5.74, 6) is -3.33. The zero-order valence-electron chi connectivity index (χ0n) is 14.8. The third-order valence-corrected chi connectivity index (χ3v) is 2.98. The molecule has 0 aromatic heterocycles. The summed E-state index contributed by atoms with van der Waals surface area (Å²) < 4.78 is 14.7. The highest BCUT2D eigenvalue weighted by Crippen LogP contribution is 2.11. The lowest BCUT2D eigenvalue weighted by molar-refractivity contribution is -0.162. The van der Waals surface area contributed by atoms with Crippen molar-refractivity contribution in [2.45, 2.75) is 39.1 Å². The fourth-order valence-corrected chi connectivity index (χ4v) is 1.86. The normalized spacial score (nSPS) is 13.3. The molecule has 0 saturated heterocycles. The van der Waals surface area contributed by atoms with Crippen LogP contribution in [0.2, 0.25) is 0 Å². The molecule has 0 heterocycles. The maximum absolute atomic E-state index is 12.2. The Balaban J connectivity index is 2.73. The van der Waals surface area contributed by atoms with Gasteiger partial charge in [0.1, 0.15) is 18.4 Å². The monoisotopic (exact) mass is 352 g/mol. The van der Waals surface area contributed by atoms with Gasteiger partial charge in [-0.3, -0.25) is 9.59 Å². The lowest BCUT2D eigenvalue weighted by Gasteiger charge is -2.24. The van der Waals surface area contributed by atoms with Crippen LogP contribution in [0.15, 0.2) is 30.3 Å². The van der Waals surface area contributed by atoms with Crippen LogP contribution in [-0.2, 0) is 30.4 Å². The standard InChI is InChI=1S/C17H24N2O6/c1-17(2,3)25-16(22)19-13(18)12(14(20)23-4)15(21)24-10-11-8-6-5-7-9-11/h5-9,12-13H,10,18H2,1-4H3,(H,19,22)/t12-,13?/m0/s1. The number of nitrogens with two attached hydrogens (primary N) is 1. The molecule has 25 heavy (non-hydrogen) atoms. The largest absolute Gasteiger partial charge is 0.468 e. The molecule has 8 heteroatoms. The average molecular weight is 352 g/mol. The van der Waals surface area contributed by atoms with E-state index in [2.05, 4.69) is 10.1 Å². The number of carbonyl (C=O) groups excluding carboxylic acids is 3. The molecule has 0 aliphatic carbocycles. The number of ether oxygens (including phenoxy) is 3. The number of methoxy groups -OCH3 is 1. The van der Waals surface area contributed by atoms with Gasteiger partial charge < -0.3 is 25.3 Å². The van der Waals surface area contributed by atoms with E-state index in [1.165, 1.54) is 0 Å². The first-order valence-electron chi connectivity index (χ1n) is 7.67. The van der Waals surface area contributed by atoms with E-state index in [1.54, 1.807) is 45.0 Å². The summed E-state index contributed by atoms with van der Waals surface area (Å²) in [4.78, 5) is 35.9. The molecule has 1 unspecified atom stereocenters. The van der Waals surface area contributed by atoms with Gasteiger partial charge >= 0.3 is 18.0 Å². The van der Waals surface area contributed by atoms with E-state index < -0.39 is 35.7 Å². The Morgan fingerprint density at radius 3 is 2.24 bits per heavy atom. The van der Waals surface area contributed by atoms with Crippen molar-refractivity contribution < 1.29 is 28.6 Å². The summed E-state index contributed by atoms with van der Waals surface area (Å²) in [5.41, 5.74) is 5.76. The second kappa shape index (κ2) is 9.03. The number of benzene rings is 1. The average Bonchev–Trinajstić information content (AvgIpc) is 2.51. The molecule has 2 atom stereocenters. The van der Waals surface area contributed by atoms with Crippen LogP contribution in [0.25, 0.3) is 0 Å². The van der Waals surface area contributed by atoms with Gasteiger partial charge in [0.2, 0.25) is 0 Å². The number of esters is 2. The smallest absolute Gasteiger partial charge is 0.408 e. The Morgan fingerprint density at radius 1 is 1.12 bits per heavy atom. The molecule has 1 aromatic carbocycles. The zero-order chi connectivity index (χ0) is 19.0. The van der Waals surface area contributed by atoms with Crippen LogP contribution < -0.4 is 11.1 Å². The topological polar surface area (TPSA) is 117 Å². The van der Waals surface area contributed by atoms with Gasteiger partial charge in [0.05, 0.1) is 7.11 Å². The van der Waals surface area contributed by atoms with Crippen molar-refractivity contribution in [1.29, 1.82) is 0 Å². The molecule has 0 aliphatic heterocycles. The molecule has 1 amide bonds. The highest BCUT2D eigenvalue weighted by atomic mass is 16.6. The van der Waals surface area contributed by atoms with E-state index in [4.69, 9.17) is 15.2 Å².